The summed E-state index contributed by atoms with van der Waals surface area (Å²) < 4.78 is 0. The van der Waals surface area contributed by atoms with E-state index >= 15 is 0 Å². The van der Waals surface area contributed by atoms with Gasteiger partial charge in [0.05, 0.1) is 0 Å². The monoisotopic (exact) mass is 236 g/mol. The Morgan fingerprint density at radius 3 is 3.00 bits per heavy atom. The van der Waals surface area contributed by atoms with Gasteiger partial charge >= 0.3 is 0 Å². The number of hydrogen-bond acceptors (Lipinski definition) is 5. The van der Waals surface area contributed by atoms with Gasteiger partial charge < -0.3 is 10.6 Å². The minimum Gasteiger partial charge on any atom is -0.368 e. The maximum absolute atomic E-state index is 5.60. The molecule has 0 aromatic carbocycles. The first-order chi connectivity index (χ1) is 8.24. The van der Waals surface area contributed by atoms with E-state index in [1.165, 1.54) is 25.8 Å². The first-order valence-electron chi connectivity index (χ1n) is 6.42. The molecule has 1 aromatic rings. The van der Waals surface area contributed by atoms with Crippen LogP contribution < -0.4 is 10.6 Å². The summed E-state index contributed by atoms with van der Waals surface area (Å²) in [5, 5.41) is 6.89. The minimum absolute atomic E-state index is 0.401. The highest BCUT2D eigenvalue weighted by atomic mass is 15.4. The lowest BCUT2D eigenvalue weighted by atomic mass is 9.97. The number of aromatic amines is 1. The second kappa shape index (κ2) is 4.18. The zero-order valence-corrected chi connectivity index (χ0v) is 10.3. The Labute approximate surface area is 101 Å². The van der Waals surface area contributed by atoms with E-state index < -0.39 is 0 Å². The first-order valence-corrected chi connectivity index (χ1v) is 6.42. The summed E-state index contributed by atoms with van der Waals surface area (Å²) in [4.78, 5) is 9.13. The summed E-state index contributed by atoms with van der Waals surface area (Å²) in [7, 11) is 0. The van der Waals surface area contributed by atoms with E-state index in [1.54, 1.807) is 0 Å². The lowest BCUT2D eigenvalue weighted by Gasteiger charge is -2.47. The predicted molar refractivity (Wildman–Crippen MR) is 66.8 cm³/mol. The topological polar surface area (TPSA) is 74.1 Å². The smallest absolute Gasteiger partial charge is 0.246 e. The van der Waals surface area contributed by atoms with Crippen molar-refractivity contribution >= 4 is 11.9 Å². The van der Waals surface area contributed by atoms with Gasteiger partial charge in [-0.15, -0.1) is 5.10 Å². The van der Waals surface area contributed by atoms with E-state index in [9.17, 15) is 0 Å². The van der Waals surface area contributed by atoms with Crippen LogP contribution in [0.3, 0.4) is 0 Å². The molecule has 2 saturated heterocycles. The molecule has 6 nitrogen and oxygen atoms in total. The largest absolute Gasteiger partial charge is 0.368 e. The molecule has 0 aliphatic carbocycles. The highest BCUT2D eigenvalue weighted by molar-refractivity contribution is 5.36. The van der Waals surface area contributed by atoms with Gasteiger partial charge in [-0.05, 0) is 26.3 Å². The summed E-state index contributed by atoms with van der Waals surface area (Å²) in [6, 6.07) is 1.12. The fraction of sp³-hybridized carbons (Fsp3) is 0.818. The van der Waals surface area contributed by atoms with Gasteiger partial charge in [0.2, 0.25) is 11.9 Å². The van der Waals surface area contributed by atoms with Crippen molar-refractivity contribution < 1.29 is 0 Å². The van der Waals surface area contributed by atoms with Crippen molar-refractivity contribution in [3.05, 3.63) is 0 Å². The number of fused-ring (bicyclic) bond motifs is 1. The molecule has 2 unspecified atom stereocenters. The average Bonchev–Trinajstić information content (AvgIpc) is 2.75. The summed E-state index contributed by atoms with van der Waals surface area (Å²) >= 11 is 0. The molecule has 0 saturated carbocycles. The number of piperazine rings is 1. The van der Waals surface area contributed by atoms with Crippen molar-refractivity contribution in [1.82, 2.24) is 20.1 Å². The molecule has 0 spiro atoms. The van der Waals surface area contributed by atoms with Gasteiger partial charge in [-0.1, -0.05) is 6.42 Å². The number of nitrogens with two attached hydrogens (primary N) is 1. The normalized spacial score (nSPS) is 30.3. The van der Waals surface area contributed by atoms with Gasteiger partial charge in [-0.25, -0.2) is 5.10 Å². The number of hydrogen-bond donors (Lipinski definition) is 2. The Bertz CT molecular complexity index is 389. The molecule has 2 atom stereocenters. The molecule has 0 radical (unpaired) electrons. The van der Waals surface area contributed by atoms with Crippen LogP contribution in [0.25, 0.3) is 0 Å². The fourth-order valence-electron chi connectivity index (χ4n) is 3.02. The van der Waals surface area contributed by atoms with E-state index in [-0.39, 0.29) is 0 Å². The van der Waals surface area contributed by atoms with Gasteiger partial charge in [0, 0.05) is 25.2 Å². The maximum Gasteiger partial charge on any atom is 0.246 e. The van der Waals surface area contributed by atoms with Crippen molar-refractivity contribution in [1.29, 1.82) is 0 Å². The minimum atomic E-state index is 0.401. The second-order valence-electron chi connectivity index (χ2n) is 5.17. The Kier molecular flexibility index (Phi) is 2.66. The molecular weight excluding hydrogens is 216 g/mol. The van der Waals surface area contributed by atoms with Crippen LogP contribution in [-0.4, -0.2) is 51.8 Å². The van der Waals surface area contributed by atoms with E-state index in [4.69, 9.17) is 5.73 Å². The van der Waals surface area contributed by atoms with Crippen molar-refractivity contribution in [3.8, 4) is 0 Å². The maximum atomic E-state index is 5.60. The number of anilines is 2. The Morgan fingerprint density at radius 2 is 2.24 bits per heavy atom. The number of nitrogens with zero attached hydrogens (tertiary/aromatic N) is 4. The molecule has 3 rings (SSSR count). The number of nitrogen functional groups attached to an aromatic ring is 1. The Morgan fingerprint density at radius 1 is 1.35 bits per heavy atom. The lowest BCUT2D eigenvalue weighted by molar-refractivity contribution is 0.115. The molecule has 3 heterocycles. The number of rotatable bonds is 1. The molecule has 0 bridgehead atoms. The van der Waals surface area contributed by atoms with Crippen molar-refractivity contribution in [3.63, 3.8) is 0 Å². The van der Waals surface area contributed by atoms with Gasteiger partial charge in [0.1, 0.15) is 0 Å². The van der Waals surface area contributed by atoms with E-state index in [0.29, 0.717) is 18.0 Å². The van der Waals surface area contributed by atoms with E-state index in [0.717, 1.165) is 19.0 Å². The zero-order valence-electron chi connectivity index (χ0n) is 10.3. The average molecular weight is 236 g/mol. The van der Waals surface area contributed by atoms with Crippen LogP contribution in [0.15, 0.2) is 0 Å². The Balaban J connectivity index is 1.77. The second-order valence-corrected chi connectivity index (χ2v) is 5.17. The summed E-state index contributed by atoms with van der Waals surface area (Å²) in [5.74, 6) is 1.15. The van der Waals surface area contributed by atoms with Crippen LogP contribution in [-0.2, 0) is 0 Å². The van der Waals surface area contributed by atoms with Crippen LogP contribution >= 0.6 is 0 Å². The van der Waals surface area contributed by atoms with E-state index in [1.807, 2.05) is 0 Å². The molecule has 3 N–H and O–H groups in total. The molecule has 2 aliphatic heterocycles. The van der Waals surface area contributed by atoms with Crippen molar-refractivity contribution in [2.24, 2.45) is 0 Å². The number of piperidine rings is 1. The van der Waals surface area contributed by atoms with E-state index in [2.05, 4.69) is 31.9 Å². The molecule has 94 valence electrons. The quantitative estimate of drug-likeness (QED) is 0.740. The van der Waals surface area contributed by atoms with Crippen LogP contribution in [0.5, 0.6) is 0 Å². The Hall–Kier alpha value is -1.30. The molecule has 6 heteroatoms. The third-order valence-corrected chi connectivity index (χ3v) is 3.94. The van der Waals surface area contributed by atoms with Gasteiger partial charge in [0.25, 0.3) is 0 Å². The highest BCUT2D eigenvalue weighted by Gasteiger charge is 2.34. The number of H-pyrrole nitrogens is 1. The fourth-order valence-corrected chi connectivity index (χ4v) is 3.02. The molecule has 0 amide bonds. The molecule has 2 fully saturated rings. The lowest BCUT2D eigenvalue weighted by Crippen LogP contribution is -2.59. The van der Waals surface area contributed by atoms with Crippen LogP contribution in [0, 0.1) is 0 Å². The standard InChI is InChI=1S/C11H20N6/c1-8-6-16-5-3-2-4-9(16)7-17(8)11-13-10(12)14-15-11/h8-9H,2-7H2,1H3,(H3,12,13,14,15). The third kappa shape index (κ3) is 1.97. The van der Waals surface area contributed by atoms with Gasteiger partial charge in [-0.3, -0.25) is 4.90 Å². The predicted octanol–water partition coefficient (Wildman–Crippen LogP) is 0.450. The van der Waals surface area contributed by atoms with Gasteiger partial charge in [0.15, 0.2) is 0 Å². The highest BCUT2D eigenvalue weighted by Crippen LogP contribution is 2.26. The van der Waals surface area contributed by atoms with Crippen molar-refractivity contribution in [2.45, 2.75) is 38.3 Å². The number of aromatic nitrogens is 3. The zero-order chi connectivity index (χ0) is 11.8. The van der Waals surface area contributed by atoms with Crippen LogP contribution in [0.4, 0.5) is 11.9 Å². The van der Waals surface area contributed by atoms with Crippen LogP contribution in [0.1, 0.15) is 26.2 Å². The summed E-state index contributed by atoms with van der Waals surface area (Å²) in [6.45, 7) is 5.62. The molecule has 17 heavy (non-hydrogen) atoms. The summed E-state index contributed by atoms with van der Waals surface area (Å²) in [6.07, 6.45) is 3.99. The van der Waals surface area contributed by atoms with Crippen molar-refractivity contribution in [2.75, 3.05) is 30.3 Å². The third-order valence-electron chi connectivity index (χ3n) is 3.94. The number of nitrogens with one attached hydrogen (secondary N) is 1. The molecule has 2 aliphatic rings. The first kappa shape index (κ1) is 10.8. The SMILES string of the molecule is CC1CN2CCCCC2CN1c1n[nH]c(N)n1. The molecular formula is C11H20N6. The van der Waals surface area contributed by atoms with Crippen LogP contribution in [0.2, 0.25) is 0 Å². The summed E-state index contributed by atoms with van der Waals surface area (Å²) in [5.41, 5.74) is 5.60. The molecule has 1 aromatic heterocycles. The van der Waals surface area contributed by atoms with Gasteiger partial charge in [-0.2, -0.15) is 4.98 Å².